The van der Waals surface area contributed by atoms with Crippen molar-refractivity contribution in [1.29, 1.82) is 0 Å². The molecule has 13 heteroatoms. The van der Waals surface area contributed by atoms with E-state index in [4.69, 9.17) is 14.2 Å². The SMILES string of the molecule is COc1cc([C@H]2Nc3ccccc3C(=O)N2c2ccc3c(c2)OCO3)ccc1OC(F)(F)[C@@H](F)C(F)(F)F. The second-order valence-corrected chi connectivity index (χ2v) is 8.28. The Hall–Kier alpha value is -4.29. The van der Waals surface area contributed by atoms with Crippen LogP contribution in [0.15, 0.2) is 60.7 Å². The number of hydrogen-bond donors (Lipinski definition) is 1. The third-order valence-electron chi connectivity index (χ3n) is 5.89. The minimum absolute atomic E-state index is 0.00855. The number of carbonyl (C=O) groups is 1. The van der Waals surface area contributed by atoms with Crippen LogP contribution in [-0.4, -0.2) is 38.3 Å². The van der Waals surface area contributed by atoms with Gasteiger partial charge in [0.1, 0.15) is 6.17 Å². The molecule has 2 aliphatic heterocycles. The van der Waals surface area contributed by atoms with Crippen LogP contribution in [0, 0.1) is 0 Å². The lowest BCUT2D eigenvalue weighted by atomic mass is 10.0. The van der Waals surface area contributed by atoms with Crippen molar-refractivity contribution in [3.05, 3.63) is 71.8 Å². The summed E-state index contributed by atoms with van der Waals surface area (Å²) in [5, 5.41) is 3.20. The van der Waals surface area contributed by atoms with Gasteiger partial charge in [-0.15, -0.1) is 0 Å². The summed E-state index contributed by atoms with van der Waals surface area (Å²) in [5.41, 5.74) is 1.54. The number of carbonyl (C=O) groups excluding carboxylic acids is 1. The van der Waals surface area contributed by atoms with E-state index in [2.05, 4.69) is 10.1 Å². The van der Waals surface area contributed by atoms with Gasteiger partial charge in [-0.05, 0) is 42.0 Å². The van der Waals surface area contributed by atoms with Gasteiger partial charge in [-0.3, -0.25) is 9.69 Å². The van der Waals surface area contributed by atoms with Crippen LogP contribution in [0.4, 0.5) is 37.7 Å². The van der Waals surface area contributed by atoms with Crippen LogP contribution in [0.5, 0.6) is 23.0 Å². The van der Waals surface area contributed by atoms with Gasteiger partial charge in [0.25, 0.3) is 12.1 Å². The molecule has 2 aliphatic rings. The lowest BCUT2D eigenvalue weighted by Gasteiger charge is -2.38. The van der Waals surface area contributed by atoms with E-state index in [1.807, 2.05) is 0 Å². The van der Waals surface area contributed by atoms with Crippen LogP contribution in [0.2, 0.25) is 0 Å². The number of halogens is 6. The summed E-state index contributed by atoms with van der Waals surface area (Å²) in [5.74, 6) is -0.751. The standard InChI is InChI=1S/C25H18F6N2O5/c1-35-19-10-13(6-8-18(19)38-25(30,31)23(26)24(27,28)29)21-32-16-5-3-2-4-15(16)22(34)33(21)14-7-9-17-20(11-14)37-12-36-17/h2-11,21,23,32H,12H2,1H3/t21-,23-/m0/s1. The summed E-state index contributed by atoms with van der Waals surface area (Å²) in [6.45, 7) is 0.00855. The van der Waals surface area contributed by atoms with Gasteiger partial charge < -0.3 is 24.3 Å². The van der Waals surface area contributed by atoms with Crippen molar-refractivity contribution in [1.82, 2.24) is 0 Å². The van der Waals surface area contributed by atoms with Crippen molar-refractivity contribution < 1.29 is 50.1 Å². The van der Waals surface area contributed by atoms with Gasteiger partial charge in [-0.2, -0.15) is 22.0 Å². The van der Waals surface area contributed by atoms with Gasteiger partial charge in [0, 0.05) is 11.8 Å². The average molecular weight is 540 g/mol. The predicted molar refractivity (Wildman–Crippen MR) is 122 cm³/mol. The predicted octanol–water partition coefficient (Wildman–Crippen LogP) is 6.07. The largest absolute Gasteiger partial charge is 0.493 e. The average Bonchev–Trinajstić information content (AvgIpc) is 3.35. The molecule has 0 spiro atoms. The maximum absolute atomic E-state index is 13.9. The molecule has 0 saturated carbocycles. The molecule has 7 nitrogen and oxygen atoms in total. The Kier molecular flexibility index (Phi) is 6.16. The number of hydrogen-bond acceptors (Lipinski definition) is 6. The topological polar surface area (TPSA) is 69.3 Å². The molecule has 5 rings (SSSR count). The summed E-state index contributed by atoms with van der Waals surface area (Å²) in [7, 11) is 1.07. The molecule has 0 bridgehead atoms. The van der Waals surface area contributed by atoms with Crippen LogP contribution in [-0.2, 0) is 0 Å². The van der Waals surface area contributed by atoms with E-state index >= 15 is 0 Å². The van der Waals surface area contributed by atoms with Crippen molar-refractivity contribution in [2.24, 2.45) is 0 Å². The van der Waals surface area contributed by atoms with Gasteiger partial charge in [-0.1, -0.05) is 18.2 Å². The van der Waals surface area contributed by atoms with Gasteiger partial charge in [0.2, 0.25) is 6.79 Å². The number of fused-ring (bicyclic) bond motifs is 2. The molecule has 200 valence electrons. The molecule has 0 unspecified atom stereocenters. The van der Waals surface area contributed by atoms with Crippen molar-refractivity contribution in [3.8, 4) is 23.0 Å². The van der Waals surface area contributed by atoms with Gasteiger partial charge in [0.15, 0.2) is 23.0 Å². The molecule has 38 heavy (non-hydrogen) atoms. The maximum Gasteiger partial charge on any atom is 0.439 e. The Morgan fingerprint density at radius 2 is 1.71 bits per heavy atom. The van der Waals surface area contributed by atoms with Crippen molar-refractivity contribution in [2.45, 2.75) is 24.6 Å². The summed E-state index contributed by atoms with van der Waals surface area (Å²) < 4.78 is 98.8. The van der Waals surface area contributed by atoms with E-state index in [-0.39, 0.29) is 6.79 Å². The molecule has 3 aromatic carbocycles. The first-order valence-electron chi connectivity index (χ1n) is 11.0. The molecule has 3 aromatic rings. The van der Waals surface area contributed by atoms with E-state index in [0.29, 0.717) is 34.0 Å². The van der Waals surface area contributed by atoms with E-state index in [1.165, 1.54) is 17.0 Å². The van der Waals surface area contributed by atoms with Crippen molar-refractivity contribution >= 4 is 17.3 Å². The normalized spacial score (nSPS) is 17.5. The number of methoxy groups -OCH3 is 1. The van der Waals surface area contributed by atoms with Crippen LogP contribution in [0.3, 0.4) is 0 Å². The molecule has 2 atom stereocenters. The van der Waals surface area contributed by atoms with E-state index in [9.17, 15) is 31.1 Å². The Morgan fingerprint density at radius 3 is 2.45 bits per heavy atom. The monoisotopic (exact) mass is 540 g/mol. The number of amides is 1. The zero-order valence-electron chi connectivity index (χ0n) is 19.4. The third-order valence-corrected chi connectivity index (χ3v) is 5.89. The summed E-state index contributed by atoms with van der Waals surface area (Å²) in [6, 6.07) is 14.9. The highest BCUT2D eigenvalue weighted by molar-refractivity contribution is 6.12. The lowest BCUT2D eigenvalue weighted by molar-refractivity contribution is -0.305. The molecule has 1 amide bonds. The fourth-order valence-electron chi connectivity index (χ4n) is 4.12. The summed E-state index contributed by atoms with van der Waals surface area (Å²) in [6.07, 6.45) is -16.6. The number of alkyl halides is 6. The first kappa shape index (κ1) is 25.4. The highest BCUT2D eigenvalue weighted by atomic mass is 19.4. The number of anilines is 2. The van der Waals surface area contributed by atoms with E-state index < -0.39 is 42.0 Å². The lowest BCUT2D eigenvalue weighted by Crippen LogP contribution is -2.45. The van der Waals surface area contributed by atoms with Crippen LogP contribution >= 0.6 is 0 Å². The molecule has 1 N–H and O–H groups in total. The van der Waals surface area contributed by atoms with Crippen LogP contribution in [0.25, 0.3) is 0 Å². The minimum Gasteiger partial charge on any atom is -0.493 e. The Bertz CT molecular complexity index is 1380. The van der Waals surface area contributed by atoms with E-state index in [1.54, 1.807) is 42.5 Å². The third kappa shape index (κ3) is 4.48. The second kappa shape index (κ2) is 9.23. The molecular weight excluding hydrogens is 522 g/mol. The molecule has 2 heterocycles. The number of ether oxygens (including phenoxy) is 4. The quantitative estimate of drug-likeness (QED) is 0.383. The fourth-order valence-corrected chi connectivity index (χ4v) is 4.12. The van der Waals surface area contributed by atoms with Gasteiger partial charge in [0.05, 0.1) is 18.4 Å². The van der Waals surface area contributed by atoms with Gasteiger partial charge >= 0.3 is 12.3 Å². The maximum atomic E-state index is 13.9. The smallest absolute Gasteiger partial charge is 0.439 e. The Morgan fingerprint density at radius 1 is 0.974 bits per heavy atom. The first-order valence-corrected chi connectivity index (χ1v) is 11.0. The zero-order valence-corrected chi connectivity index (χ0v) is 19.4. The number of nitrogens with one attached hydrogen (secondary N) is 1. The fraction of sp³-hybridized carbons (Fsp3) is 0.240. The van der Waals surface area contributed by atoms with Gasteiger partial charge in [-0.25, -0.2) is 4.39 Å². The minimum atomic E-state index is -5.85. The highest BCUT2D eigenvalue weighted by Crippen LogP contribution is 2.44. The molecule has 0 fully saturated rings. The van der Waals surface area contributed by atoms with Crippen molar-refractivity contribution in [2.75, 3.05) is 24.1 Å². The number of rotatable bonds is 6. The summed E-state index contributed by atoms with van der Waals surface area (Å²) >= 11 is 0. The second-order valence-electron chi connectivity index (χ2n) is 8.28. The highest BCUT2D eigenvalue weighted by Gasteiger charge is 2.59. The summed E-state index contributed by atoms with van der Waals surface area (Å²) in [4.78, 5) is 15.0. The Labute approximate surface area is 211 Å². The van der Waals surface area contributed by atoms with Crippen molar-refractivity contribution in [3.63, 3.8) is 0 Å². The molecule has 0 radical (unpaired) electrons. The number of benzene rings is 3. The van der Waals surface area contributed by atoms with E-state index in [0.717, 1.165) is 13.2 Å². The molecule has 0 aliphatic carbocycles. The van der Waals surface area contributed by atoms with Crippen LogP contribution < -0.4 is 29.2 Å². The molecule has 0 saturated heterocycles. The molecular formula is C25H18F6N2O5. The number of nitrogens with zero attached hydrogens (tertiary/aromatic N) is 1. The zero-order chi connectivity index (χ0) is 27.2. The Balaban J connectivity index is 1.54. The molecule has 0 aromatic heterocycles. The number of para-hydroxylation sites is 1. The van der Waals surface area contributed by atoms with Crippen LogP contribution in [0.1, 0.15) is 22.1 Å². The first-order chi connectivity index (χ1) is 18.0.